The molecule has 1 aromatic heterocycles. The summed E-state index contributed by atoms with van der Waals surface area (Å²) in [7, 11) is 0. The lowest BCUT2D eigenvalue weighted by atomic mass is 10.1. The van der Waals surface area contributed by atoms with E-state index in [0.29, 0.717) is 12.3 Å². The fraction of sp³-hybridized carbons (Fsp3) is 0.353. The number of ether oxygens (including phenoxy) is 2. The number of carbonyl (C=O) groups is 2. The molecule has 0 bridgehead atoms. The molecule has 2 N–H and O–H groups in total. The van der Waals surface area contributed by atoms with Crippen LogP contribution in [0.25, 0.3) is 0 Å². The van der Waals surface area contributed by atoms with Gasteiger partial charge in [-0.15, -0.1) is 0 Å². The van der Waals surface area contributed by atoms with Gasteiger partial charge in [-0.2, -0.15) is 5.10 Å². The van der Waals surface area contributed by atoms with Gasteiger partial charge < -0.3 is 19.9 Å². The van der Waals surface area contributed by atoms with Gasteiger partial charge in [-0.25, -0.2) is 4.79 Å². The van der Waals surface area contributed by atoms with E-state index >= 15 is 0 Å². The maximum absolute atomic E-state index is 11.8. The fourth-order valence-electron chi connectivity index (χ4n) is 1.89. The molecular weight excluding hydrogens is 326 g/mol. The molecule has 134 valence electrons. The van der Waals surface area contributed by atoms with Crippen LogP contribution in [0.3, 0.4) is 0 Å². The molecule has 0 radical (unpaired) electrons. The molecule has 8 nitrogen and oxygen atoms in total. The predicted molar refractivity (Wildman–Crippen MR) is 90.6 cm³/mol. The van der Waals surface area contributed by atoms with Crippen molar-refractivity contribution in [1.82, 2.24) is 9.78 Å². The average molecular weight is 347 g/mol. The van der Waals surface area contributed by atoms with Crippen molar-refractivity contribution in [3.05, 3.63) is 42.7 Å². The second-order valence-electron chi connectivity index (χ2n) is 5.80. The molecule has 1 aromatic carbocycles. The summed E-state index contributed by atoms with van der Waals surface area (Å²) in [5.41, 5.74) is -0.794. The molecule has 1 heterocycles. The van der Waals surface area contributed by atoms with E-state index in [1.165, 1.54) is 30.9 Å². The van der Waals surface area contributed by atoms with Crippen molar-refractivity contribution < 1.29 is 24.2 Å². The van der Waals surface area contributed by atoms with Crippen molar-refractivity contribution in [1.29, 1.82) is 0 Å². The SMILES string of the molecule is CC(C)(C(=O)O)n1cc(NC(=O)COCCOc2ccccc2)cn1. The van der Waals surface area contributed by atoms with Gasteiger partial charge in [0, 0.05) is 6.20 Å². The molecule has 0 unspecified atom stereocenters. The molecule has 0 saturated heterocycles. The Morgan fingerprint density at radius 1 is 1.24 bits per heavy atom. The molecule has 25 heavy (non-hydrogen) atoms. The number of nitrogens with zero attached hydrogens (tertiary/aromatic N) is 2. The molecule has 0 fully saturated rings. The molecule has 1 amide bonds. The van der Waals surface area contributed by atoms with E-state index in [1.807, 2.05) is 30.3 Å². The average Bonchev–Trinajstić information content (AvgIpc) is 3.04. The second kappa shape index (κ2) is 8.29. The third kappa shape index (κ3) is 5.32. The monoisotopic (exact) mass is 347 g/mol. The number of rotatable bonds is 9. The van der Waals surface area contributed by atoms with Crippen LogP contribution in [0.1, 0.15) is 13.8 Å². The van der Waals surface area contributed by atoms with Crippen LogP contribution in [-0.2, 0) is 19.9 Å². The maximum atomic E-state index is 11.8. The zero-order valence-corrected chi connectivity index (χ0v) is 14.1. The van der Waals surface area contributed by atoms with Gasteiger partial charge in [0.1, 0.15) is 19.0 Å². The van der Waals surface area contributed by atoms with Gasteiger partial charge in [-0.05, 0) is 26.0 Å². The number of hydrogen-bond acceptors (Lipinski definition) is 5. The first kappa shape index (κ1) is 18.5. The van der Waals surface area contributed by atoms with Crippen molar-refractivity contribution in [2.45, 2.75) is 19.4 Å². The Balaban J connectivity index is 1.70. The Morgan fingerprint density at radius 2 is 1.96 bits per heavy atom. The van der Waals surface area contributed by atoms with Gasteiger partial charge in [0.25, 0.3) is 0 Å². The molecular formula is C17H21N3O5. The predicted octanol–water partition coefficient (Wildman–Crippen LogP) is 1.74. The van der Waals surface area contributed by atoms with E-state index in [1.54, 1.807) is 0 Å². The number of carboxylic acids is 1. The number of nitrogens with one attached hydrogen (secondary N) is 1. The molecule has 0 aliphatic carbocycles. The number of aromatic nitrogens is 2. The van der Waals surface area contributed by atoms with Gasteiger partial charge in [-0.1, -0.05) is 18.2 Å². The Bertz CT molecular complexity index is 712. The lowest BCUT2D eigenvalue weighted by molar-refractivity contribution is -0.146. The number of para-hydroxylation sites is 1. The third-order valence-electron chi connectivity index (χ3n) is 3.44. The number of amides is 1. The number of aliphatic carboxylic acids is 1. The normalized spacial score (nSPS) is 11.1. The summed E-state index contributed by atoms with van der Waals surface area (Å²) in [5.74, 6) is -0.633. The molecule has 0 aliphatic rings. The fourth-order valence-corrected chi connectivity index (χ4v) is 1.89. The quantitative estimate of drug-likeness (QED) is 0.670. The zero-order chi connectivity index (χ0) is 18.3. The van der Waals surface area contributed by atoms with Crippen LogP contribution in [0.4, 0.5) is 5.69 Å². The van der Waals surface area contributed by atoms with Crippen LogP contribution >= 0.6 is 0 Å². The lowest BCUT2D eigenvalue weighted by Gasteiger charge is -2.19. The standard InChI is InChI=1S/C17H21N3O5/c1-17(2,16(22)23)20-11-13(10-18-20)19-15(21)12-24-8-9-25-14-6-4-3-5-7-14/h3-7,10-11H,8-9,12H2,1-2H3,(H,19,21)(H,22,23). The molecule has 0 aliphatic heterocycles. The summed E-state index contributed by atoms with van der Waals surface area (Å²) in [6, 6.07) is 9.31. The Labute approximate surface area is 145 Å². The number of benzene rings is 1. The number of carbonyl (C=O) groups excluding carboxylic acids is 1. The molecule has 2 rings (SSSR count). The van der Waals surface area contributed by atoms with E-state index in [0.717, 1.165) is 5.75 Å². The zero-order valence-electron chi connectivity index (χ0n) is 14.1. The Kier molecular flexibility index (Phi) is 6.13. The highest BCUT2D eigenvalue weighted by atomic mass is 16.5. The first-order valence-corrected chi connectivity index (χ1v) is 7.73. The van der Waals surface area contributed by atoms with Crippen LogP contribution in [0.5, 0.6) is 5.75 Å². The van der Waals surface area contributed by atoms with Crippen molar-refractivity contribution in [2.75, 3.05) is 25.1 Å². The van der Waals surface area contributed by atoms with E-state index in [2.05, 4.69) is 10.4 Å². The first-order valence-electron chi connectivity index (χ1n) is 7.73. The van der Waals surface area contributed by atoms with Gasteiger partial charge in [0.15, 0.2) is 5.54 Å². The van der Waals surface area contributed by atoms with Crippen molar-refractivity contribution in [2.24, 2.45) is 0 Å². The lowest BCUT2D eigenvalue weighted by Crippen LogP contribution is -2.35. The van der Waals surface area contributed by atoms with Crippen molar-refractivity contribution >= 4 is 17.6 Å². The Hall–Kier alpha value is -2.87. The minimum Gasteiger partial charge on any atom is -0.491 e. The molecule has 0 spiro atoms. The van der Waals surface area contributed by atoms with Crippen LogP contribution in [0, 0.1) is 0 Å². The van der Waals surface area contributed by atoms with Gasteiger partial charge >= 0.3 is 5.97 Å². The third-order valence-corrected chi connectivity index (χ3v) is 3.44. The summed E-state index contributed by atoms with van der Waals surface area (Å²) in [6.07, 6.45) is 2.85. The van der Waals surface area contributed by atoms with E-state index in [-0.39, 0.29) is 19.1 Å². The summed E-state index contributed by atoms with van der Waals surface area (Å²) < 4.78 is 12.0. The van der Waals surface area contributed by atoms with Crippen LogP contribution in [-0.4, -0.2) is 46.6 Å². The molecule has 0 saturated carbocycles. The summed E-state index contributed by atoms with van der Waals surface area (Å²) in [5, 5.41) is 15.7. The number of anilines is 1. The van der Waals surface area contributed by atoms with Gasteiger partial charge in [0.2, 0.25) is 5.91 Å². The van der Waals surface area contributed by atoms with Crippen molar-refractivity contribution in [3.8, 4) is 5.75 Å². The van der Waals surface area contributed by atoms with Gasteiger partial charge in [-0.3, -0.25) is 9.48 Å². The van der Waals surface area contributed by atoms with E-state index in [4.69, 9.17) is 14.6 Å². The van der Waals surface area contributed by atoms with Crippen LogP contribution in [0.2, 0.25) is 0 Å². The topological polar surface area (TPSA) is 103 Å². The minimum absolute atomic E-state index is 0.133. The number of carboxylic acid groups (broad SMARTS) is 1. The summed E-state index contributed by atoms with van der Waals surface area (Å²) in [6.45, 7) is 3.51. The second-order valence-corrected chi connectivity index (χ2v) is 5.80. The van der Waals surface area contributed by atoms with E-state index < -0.39 is 11.5 Å². The van der Waals surface area contributed by atoms with Crippen LogP contribution < -0.4 is 10.1 Å². The smallest absolute Gasteiger partial charge is 0.331 e. The van der Waals surface area contributed by atoms with Crippen molar-refractivity contribution in [3.63, 3.8) is 0 Å². The van der Waals surface area contributed by atoms with Gasteiger partial charge in [0.05, 0.1) is 18.5 Å². The molecule has 8 heteroatoms. The maximum Gasteiger partial charge on any atom is 0.331 e. The highest BCUT2D eigenvalue weighted by Gasteiger charge is 2.30. The largest absolute Gasteiger partial charge is 0.491 e. The van der Waals surface area contributed by atoms with E-state index in [9.17, 15) is 9.59 Å². The summed E-state index contributed by atoms with van der Waals surface area (Å²) >= 11 is 0. The molecule has 2 aromatic rings. The molecule has 0 atom stereocenters. The highest BCUT2D eigenvalue weighted by Crippen LogP contribution is 2.17. The minimum atomic E-state index is -1.20. The Morgan fingerprint density at radius 3 is 2.64 bits per heavy atom. The summed E-state index contributed by atoms with van der Waals surface area (Å²) in [4.78, 5) is 23.0. The van der Waals surface area contributed by atoms with Crippen LogP contribution in [0.15, 0.2) is 42.7 Å². The first-order chi connectivity index (χ1) is 11.9. The highest BCUT2D eigenvalue weighted by molar-refractivity contribution is 5.91. The number of hydrogen-bond donors (Lipinski definition) is 2.